The van der Waals surface area contributed by atoms with Crippen molar-refractivity contribution < 1.29 is 19.5 Å². The number of aliphatic carboxylic acids is 1. The molecule has 0 saturated carbocycles. The molecule has 6 nitrogen and oxygen atoms in total. The minimum Gasteiger partial charge on any atom is -0.480 e. The largest absolute Gasteiger partial charge is 0.480 e. The fourth-order valence-electron chi connectivity index (χ4n) is 2.27. The molecule has 25 heavy (non-hydrogen) atoms. The predicted molar refractivity (Wildman–Crippen MR) is 94.8 cm³/mol. The number of halogens is 1. The summed E-state index contributed by atoms with van der Waals surface area (Å²) in [5.41, 5.74) is 1.33. The van der Waals surface area contributed by atoms with Crippen molar-refractivity contribution in [2.24, 2.45) is 0 Å². The van der Waals surface area contributed by atoms with Crippen LogP contribution in [0.1, 0.15) is 22.8 Å². The minimum atomic E-state index is -1.16. The van der Waals surface area contributed by atoms with E-state index in [2.05, 4.69) is 10.6 Å². The van der Waals surface area contributed by atoms with E-state index in [1.165, 1.54) is 19.1 Å². The summed E-state index contributed by atoms with van der Waals surface area (Å²) in [6, 6.07) is 12.0. The van der Waals surface area contributed by atoms with Crippen LogP contribution in [0.3, 0.4) is 0 Å². The van der Waals surface area contributed by atoms with Crippen molar-refractivity contribution in [2.75, 3.05) is 5.32 Å². The van der Waals surface area contributed by atoms with Crippen LogP contribution in [0.5, 0.6) is 0 Å². The van der Waals surface area contributed by atoms with Crippen LogP contribution in [0.2, 0.25) is 5.02 Å². The van der Waals surface area contributed by atoms with Gasteiger partial charge in [0, 0.05) is 29.6 Å². The Kier molecular flexibility index (Phi) is 6.14. The van der Waals surface area contributed by atoms with Gasteiger partial charge in [-0.05, 0) is 29.8 Å². The lowest BCUT2D eigenvalue weighted by Crippen LogP contribution is -2.42. The first-order chi connectivity index (χ1) is 11.9. The molecule has 0 aromatic heterocycles. The van der Waals surface area contributed by atoms with E-state index in [1.807, 2.05) is 0 Å². The molecule has 2 rings (SSSR count). The van der Waals surface area contributed by atoms with E-state index >= 15 is 0 Å². The average Bonchev–Trinajstić information content (AvgIpc) is 2.55. The van der Waals surface area contributed by atoms with Gasteiger partial charge in [-0.2, -0.15) is 0 Å². The number of anilines is 1. The summed E-state index contributed by atoms with van der Waals surface area (Å²) in [4.78, 5) is 34.9. The first-order valence-electron chi connectivity index (χ1n) is 7.51. The maximum atomic E-state index is 12.4. The van der Waals surface area contributed by atoms with Gasteiger partial charge in [-0.25, -0.2) is 4.79 Å². The van der Waals surface area contributed by atoms with E-state index in [1.54, 1.807) is 36.4 Å². The number of benzene rings is 2. The fraction of sp³-hybridized carbons (Fsp3) is 0.167. The number of rotatable bonds is 6. The quantitative estimate of drug-likeness (QED) is 0.738. The Hall–Kier alpha value is -2.86. The molecule has 0 aliphatic heterocycles. The van der Waals surface area contributed by atoms with Crippen LogP contribution in [0.15, 0.2) is 48.5 Å². The van der Waals surface area contributed by atoms with Gasteiger partial charge in [-0.1, -0.05) is 35.9 Å². The van der Waals surface area contributed by atoms with Gasteiger partial charge < -0.3 is 15.7 Å². The third kappa shape index (κ3) is 5.32. The van der Waals surface area contributed by atoms with Gasteiger partial charge in [0.15, 0.2) is 0 Å². The number of hydrogen-bond donors (Lipinski definition) is 3. The molecule has 1 atom stereocenters. The summed E-state index contributed by atoms with van der Waals surface area (Å²) < 4.78 is 0. The summed E-state index contributed by atoms with van der Waals surface area (Å²) >= 11 is 6.05. The highest BCUT2D eigenvalue weighted by Gasteiger charge is 2.22. The maximum Gasteiger partial charge on any atom is 0.326 e. The normalized spacial score (nSPS) is 11.4. The van der Waals surface area contributed by atoms with E-state index in [9.17, 15) is 19.5 Å². The van der Waals surface area contributed by atoms with Crippen molar-refractivity contribution in [3.63, 3.8) is 0 Å². The summed E-state index contributed by atoms with van der Waals surface area (Å²) in [6.07, 6.45) is 0.0616. The molecule has 130 valence electrons. The highest BCUT2D eigenvalue weighted by atomic mass is 35.5. The second kappa shape index (κ2) is 8.30. The molecule has 7 heteroatoms. The van der Waals surface area contributed by atoms with E-state index < -0.39 is 17.9 Å². The number of carbonyl (C=O) groups excluding carboxylic acids is 2. The van der Waals surface area contributed by atoms with Crippen LogP contribution in [-0.4, -0.2) is 28.9 Å². The van der Waals surface area contributed by atoms with Crippen LogP contribution in [-0.2, 0) is 16.0 Å². The molecule has 0 fully saturated rings. The molecule has 2 amide bonds. The predicted octanol–water partition coefficient (Wildman–Crippen LogP) is 2.72. The van der Waals surface area contributed by atoms with Crippen molar-refractivity contribution in [1.29, 1.82) is 0 Å². The van der Waals surface area contributed by atoms with Crippen molar-refractivity contribution in [3.8, 4) is 0 Å². The molecule has 0 bridgehead atoms. The number of carboxylic acid groups (broad SMARTS) is 1. The molecule has 0 unspecified atom stereocenters. The zero-order chi connectivity index (χ0) is 18.4. The van der Waals surface area contributed by atoms with Crippen molar-refractivity contribution in [2.45, 2.75) is 19.4 Å². The lowest BCUT2D eigenvalue weighted by atomic mass is 10.1. The molecule has 2 aromatic carbocycles. The third-order valence-corrected chi connectivity index (χ3v) is 3.80. The van der Waals surface area contributed by atoms with Crippen LogP contribution >= 0.6 is 11.6 Å². The second-order valence-corrected chi connectivity index (χ2v) is 5.83. The Balaban J connectivity index is 2.14. The highest BCUT2D eigenvalue weighted by Crippen LogP contribution is 2.17. The minimum absolute atomic E-state index is 0.0616. The second-order valence-electron chi connectivity index (χ2n) is 5.42. The summed E-state index contributed by atoms with van der Waals surface area (Å²) in [5, 5.41) is 14.9. The SMILES string of the molecule is CC(=O)Nc1cccc(C(=O)N[C@H](Cc2ccccc2Cl)C(=O)O)c1. The van der Waals surface area contributed by atoms with E-state index in [-0.39, 0.29) is 17.9 Å². The molecule has 0 aliphatic carbocycles. The van der Waals surface area contributed by atoms with E-state index in [0.717, 1.165) is 0 Å². The Bertz CT molecular complexity index is 807. The van der Waals surface area contributed by atoms with Gasteiger partial charge in [-0.15, -0.1) is 0 Å². The van der Waals surface area contributed by atoms with Crippen LogP contribution in [0.25, 0.3) is 0 Å². The molecular weight excluding hydrogens is 344 g/mol. The first kappa shape index (κ1) is 18.5. The van der Waals surface area contributed by atoms with Crippen LogP contribution in [0, 0.1) is 0 Å². The lowest BCUT2D eigenvalue weighted by Gasteiger charge is -2.16. The van der Waals surface area contributed by atoms with E-state index in [4.69, 9.17) is 11.6 Å². The van der Waals surface area contributed by atoms with Crippen LogP contribution in [0.4, 0.5) is 5.69 Å². The van der Waals surface area contributed by atoms with Gasteiger partial charge in [0.1, 0.15) is 6.04 Å². The van der Waals surface area contributed by atoms with Gasteiger partial charge >= 0.3 is 5.97 Å². The van der Waals surface area contributed by atoms with E-state index in [0.29, 0.717) is 16.3 Å². The number of carbonyl (C=O) groups is 3. The summed E-state index contributed by atoms with van der Waals surface area (Å²) in [6.45, 7) is 1.36. The van der Waals surface area contributed by atoms with Crippen molar-refractivity contribution in [3.05, 3.63) is 64.7 Å². The van der Waals surface area contributed by atoms with Gasteiger partial charge in [-0.3, -0.25) is 9.59 Å². The fourth-order valence-corrected chi connectivity index (χ4v) is 2.48. The zero-order valence-corrected chi connectivity index (χ0v) is 14.2. The van der Waals surface area contributed by atoms with Gasteiger partial charge in [0.2, 0.25) is 5.91 Å². The molecule has 0 radical (unpaired) electrons. The van der Waals surface area contributed by atoms with Crippen molar-refractivity contribution in [1.82, 2.24) is 5.32 Å². The lowest BCUT2D eigenvalue weighted by molar-refractivity contribution is -0.139. The molecule has 2 aromatic rings. The Morgan fingerprint density at radius 2 is 1.84 bits per heavy atom. The standard InChI is InChI=1S/C18H17ClN2O4/c1-11(22)20-14-7-4-6-13(9-14)17(23)21-16(18(24)25)10-12-5-2-3-8-15(12)19/h2-9,16H,10H2,1H3,(H,20,22)(H,21,23)(H,24,25)/t16-/m1/s1. The topological polar surface area (TPSA) is 95.5 Å². The average molecular weight is 361 g/mol. The van der Waals surface area contributed by atoms with Gasteiger partial charge in [0.25, 0.3) is 5.91 Å². The number of carboxylic acids is 1. The molecule has 3 N–H and O–H groups in total. The number of amides is 2. The molecule has 0 saturated heterocycles. The zero-order valence-electron chi connectivity index (χ0n) is 13.5. The smallest absolute Gasteiger partial charge is 0.326 e. The highest BCUT2D eigenvalue weighted by molar-refractivity contribution is 6.31. The first-order valence-corrected chi connectivity index (χ1v) is 7.89. The molecule has 0 heterocycles. The monoisotopic (exact) mass is 360 g/mol. The molecule has 0 spiro atoms. The number of nitrogens with one attached hydrogen (secondary N) is 2. The summed E-state index contributed by atoms with van der Waals surface area (Å²) in [7, 11) is 0. The number of hydrogen-bond acceptors (Lipinski definition) is 3. The van der Waals surface area contributed by atoms with Crippen molar-refractivity contribution >= 4 is 35.1 Å². The Labute approximate surface area is 149 Å². The maximum absolute atomic E-state index is 12.4. The van der Waals surface area contributed by atoms with Gasteiger partial charge in [0.05, 0.1) is 0 Å². The Morgan fingerprint density at radius 1 is 1.12 bits per heavy atom. The Morgan fingerprint density at radius 3 is 2.48 bits per heavy atom. The molecule has 0 aliphatic rings. The third-order valence-electron chi connectivity index (χ3n) is 3.43. The van der Waals surface area contributed by atoms with Crippen LogP contribution < -0.4 is 10.6 Å². The molecular formula is C18H17ClN2O4. The summed E-state index contributed by atoms with van der Waals surface area (Å²) in [5.74, 6) is -1.97.